The normalized spacial score (nSPS) is 28.7. The molecule has 35 heavy (non-hydrogen) atoms. The number of carbonyl (C=O) groups excluding carboxylic acids is 2. The number of aliphatic hydroxyl groups excluding tert-OH is 2. The van der Waals surface area contributed by atoms with E-state index in [1.54, 1.807) is 0 Å². The van der Waals surface area contributed by atoms with Gasteiger partial charge in [-0.25, -0.2) is 0 Å². The topological polar surface area (TPSA) is 194 Å². The van der Waals surface area contributed by atoms with Crippen LogP contribution in [0.5, 0.6) is 5.75 Å². The summed E-state index contributed by atoms with van der Waals surface area (Å²) in [6.45, 7) is 0. The molecule has 4 rings (SSSR count). The lowest BCUT2D eigenvalue weighted by atomic mass is 9.56. The number of nitrogens with two attached hydrogens (primary N) is 2. The summed E-state index contributed by atoms with van der Waals surface area (Å²) in [5, 5.41) is 51.9. The van der Waals surface area contributed by atoms with Crippen molar-refractivity contribution >= 4 is 28.8 Å². The lowest BCUT2D eigenvalue weighted by molar-refractivity contribution is -0.139. The first-order valence-corrected chi connectivity index (χ1v) is 10.5. The van der Waals surface area contributed by atoms with Gasteiger partial charge in [-0.3, -0.25) is 14.5 Å². The Morgan fingerprint density at radius 2 is 1.86 bits per heavy atom. The number of nitrogens with one attached hydrogen (secondary N) is 1. The van der Waals surface area contributed by atoms with E-state index in [0.717, 1.165) is 0 Å². The number of alkyl halides is 3. The number of likely N-dealkylation sites (N-methyl/N-ethyl adjacent to an activating group) is 1. The van der Waals surface area contributed by atoms with E-state index in [-0.39, 0.29) is 6.42 Å². The third kappa shape index (κ3) is 3.14. The average Bonchev–Trinajstić information content (AvgIpc) is 2.71. The maximum absolute atomic E-state index is 13.8. The molecule has 1 aromatic rings. The van der Waals surface area contributed by atoms with Gasteiger partial charge in [0.25, 0.3) is 5.91 Å². The van der Waals surface area contributed by atoms with Crippen molar-refractivity contribution in [3.8, 4) is 5.75 Å². The minimum Gasteiger partial charge on any atom is -0.510 e. The first-order chi connectivity index (χ1) is 16.0. The highest BCUT2D eigenvalue weighted by atomic mass is 19.4. The number of nitrogen functional groups attached to an aromatic ring is 1. The number of anilines is 1. The monoisotopic (exact) mass is 496 g/mol. The molecule has 0 spiro atoms. The minimum atomic E-state index is -4.89. The van der Waals surface area contributed by atoms with Gasteiger partial charge >= 0.3 is 6.18 Å². The van der Waals surface area contributed by atoms with Crippen LogP contribution in [0.1, 0.15) is 23.1 Å². The fourth-order valence-corrected chi connectivity index (χ4v) is 5.64. The number of aliphatic hydroxyl groups is 3. The number of halogens is 3. The predicted octanol–water partition coefficient (Wildman–Crippen LogP) is 1.02. The molecule has 1 saturated carbocycles. The largest absolute Gasteiger partial charge is 0.510 e. The Labute approximate surface area is 196 Å². The molecule has 188 valence electrons. The van der Waals surface area contributed by atoms with Crippen LogP contribution in [0, 0.1) is 17.2 Å². The number of carbonyl (C=O) groups is 2. The summed E-state index contributed by atoms with van der Waals surface area (Å²) in [6.07, 6.45) is -5.58. The number of phenols is 1. The molecule has 0 aromatic heterocycles. The Morgan fingerprint density at radius 1 is 1.26 bits per heavy atom. The molecule has 9 N–H and O–H groups in total. The molecule has 0 radical (unpaired) electrons. The number of hydrogen-bond acceptors (Lipinski definition) is 9. The summed E-state index contributed by atoms with van der Waals surface area (Å²) < 4.78 is 41.3. The van der Waals surface area contributed by atoms with Crippen LogP contribution in [0.4, 0.5) is 18.9 Å². The third-order valence-corrected chi connectivity index (χ3v) is 7.11. The zero-order chi connectivity index (χ0) is 26.4. The molecule has 0 bridgehead atoms. The number of fused-ring (bicyclic) bond motifs is 3. The standard InChI is InChI=1S/C22H23F3N4O6/c1-29(2)14-9-4-6-3-7-8(22(23,24)25)5-10(26)15(30)12(7)16(31)11(6)19(33)21(9,35)18(27)13(17(14)32)20(28)34/h5-6,9,14,27,30-32,35H,3-4,26H2,1-2H3,(H2,28,34)/t6-,9-,14-,21+/m0/s1. The van der Waals surface area contributed by atoms with E-state index in [1.165, 1.54) is 19.0 Å². The first-order valence-electron chi connectivity index (χ1n) is 10.5. The second-order valence-electron chi connectivity index (χ2n) is 9.22. The van der Waals surface area contributed by atoms with Gasteiger partial charge in [-0.05, 0) is 44.5 Å². The Balaban J connectivity index is 2.00. The van der Waals surface area contributed by atoms with Crippen molar-refractivity contribution in [1.82, 2.24) is 4.90 Å². The number of aromatic hydroxyl groups is 1. The van der Waals surface area contributed by atoms with E-state index < -0.39 is 104 Å². The van der Waals surface area contributed by atoms with Crippen molar-refractivity contribution < 1.29 is 43.2 Å². The number of benzene rings is 1. The van der Waals surface area contributed by atoms with Crippen LogP contribution in [0.25, 0.3) is 5.76 Å². The fourth-order valence-electron chi connectivity index (χ4n) is 5.64. The van der Waals surface area contributed by atoms with Crippen LogP contribution in [0.3, 0.4) is 0 Å². The van der Waals surface area contributed by atoms with E-state index in [2.05, 4.69) is 0 Å². The first kappa shape index (κ1) is 24.5. The molecular weight excluding hydrogens is 473 g/mol. The summed E-state index contributed by atoms with van der Waals surface area (Å²) >= 11 is 0. The van der Waals surface area contributed by atoms with E-state index in [1.807, 2.05) is 0 Å². The molecule has 3 aliphatic rings. The van der Waals surface area contributed by atoms with E-state index in [9.17, 15) is 43.2 Å². The van der Waals surface area contributed by atoms with Gasteiger partial charge in [0, 0.05) is 11.5 Å². The molecule has 1 aromatic carbocycles. The Bertz CT molecular complexity index is 1270. The molecule has 0 saturated heterocycles. The summed E-state index contributed by atoms with van der Waals surface area (Å²) in [6, 6.07) is -0.646. The zero-order valence-electron chi connectivity index (χ0n) is 18.6. The SMILES string of the molecule is CN(C)[C@@H]1C(O)=C(C(N)=O)C(=N)[C@@]2(O)C(=O)C3=C(O)c4c(O)c(N)cc(C(F)(F)F)c4C[C@H]3C[C@@H]12. The van der Waals surface area contributed by atoms with Crippen LogP contribution < -0.4 is 11.5 Å². The third-order valence-electron chi connectivity index (χ3n) is 7.11. The van der Waals surface area contributed by atoms with Gasteiger partial charge in [0.1, 0.15) is 22.8 Å². The van der Waals surface area contributed by atoms with Gasteiger partial charge < -0.3 is 37.3 Å². The maximum Gasteiger partial charge on any atom is 0.416 e. The molecule has 1 fully saturated rings. The molecule has 4 atom stereocenters. The lowest BCUT2D eigenvalue weighted by Crippen LogP contribution is -2.67. The number of hydrogen-bond donors (Lipinski definition) is 7. The smallest absolute Gasteiger partial charge is 0.416 e. The predicted molar refractivity (Wildman–Crippen MR) is 116 cm³/mol. The molecule has 0 aliphatic heterocycles. The summed E-state index contributed by atoms with van der Waals surface area (Å²) in [5.74, 6) is -7.35. The number of primary amides is 1. The molecular formula is C22H23F3N4O6. The minimum absolute atomic E-state index is 0.245. The van der Waals surface area contributed by atoms with E-state index in [4.69, 9.17) is 16.9 Å². The van der Waals surface area contributed by atoms with Crippen molar-refractivity contribution in [3.05, 3.63) is 39.7 Å². The number of amides is 1. The molecule has 0 heterocycles. The van der Waals surface area contributed by atoms with Crippen LogP contribution in [-0.4, -0.2) is 68.5 Å². The highest BCUT2D eigenvalue weighted by molar-refractivity contribution is 6.33. The lowest BCUT2D eigenvalue weighted by Gasteiger charge is -2.51. The summed E-state index contributed by atoms with van der Waals surface area (Å²) in [4.78, 5) is 27.0. The molecule has 3 aliphatic carbocycles. The Kier molecular flexibility index (Phi) is 5.23. The molecule has 10 nitrogen and oxygen atoms in total. The highest BCUT2D eigenvalue weighted by Gasteiger charge is 2.63. The van der Waals surface area contributed by atoms with Gasteiger partial charge in [-0.1, -0.05) is 0 Å². The van der Waals surface area contributed by atoms with Crippen molar-refractivity contribution in [2.75, 3.05) is 19.8 Å². The highest BCUT2D eigenvalue weighted by Crippen LogP contribution is 2.54. The van der Waals surface area contributed by atoms with Crippen molar-refractivity contribution in [1.29, 1.82) is 5.41 Å². The second kappa shape index (κ2) is 7.46. The van der Waals surface area contributed by atoms with Crippen LogP contribution in [0.2, 0.25) is 0 Å². The van der Waals surface area contributed by atoms with Crippen LogP contribution in [0.15, 0.2) is 23.0 Å². The summed E-state index contributed by atoms with van der Waals surface area (Å²) in [7, 11) is 2.95. The van der Waals surface area contributed by atoms with Crippen molar-refractivity contribution in [3.63, 3.8) is 0 Å². The molecule has 0 unspecified atom stereocenters. The Morgan fingerprint density at radius 3 is 2.37 bits per heavy atom. The fraction of sp³-hybridized carbons (Fsp3) is 0.409. The van der Waals surface area contributed by atoms with E-state index in [0.29, 0.717) is 6.07 Å². The van der Waals surface area contributed by atoms with Gasteiger partial charge in [0.2, 0.25) is 5.78 Å². The quantitative estimate of drug-likeness (QED) is 0.233. The maximum atomic E-state index is 13.8. The van der Waals surface area contributed by atoms with Crippen molar-refractivity contribution in [2.24, 2.45) is 17.6 Å². The number of phenolic OH excluding ortho intramolecular Hbond substituents is 1. The van der Waals surface area contributed by atoms with Gasteiger partial charge in [-0.15, -0.1) is 0 Å². The number of nitrogens with zero attached hydrogens (tertiary/aromatic N) is 1. The van der Waals surface area contributed by atoms with Crippen LogP contribution >= 0.6 is 0 Å². The van der Waals surface area contributed by atoms with E-state index >= 15 is 0 Å². The molecule has 1 amide bonds. The number of rotatable bonds is 2. The average molecular weight is 496 g/mol. The zero-order valence-corrected chi connectivity index (χ0v) is 18.6. The number of ketones is 1. The van der Waals surface area contributed by atoms with Gasteiger partial charge in [0.15, 0.2) is 5.60 Å². The Hall–Kier alpha value is -3.58. The second-order valence-corrected chi connectivity index (χ2v) is 9.22. The molecule has 13 heteroatoms. The van der Waals surface area contributed by atoms with Gasteiger partial charge in [0.05, 0.1) is 28.6 Å². The summed E-state index contributed by atoms with van der Waals surface area (Å²) in [5.41, 5.74) is 2.83. The van der Waals surface area contributed by atoms with Crippen LogP contribution in [-0.2, 0) is 22.2 Å². The van der Waals surface area contributed by atoms with Crippen molar-refractivity contribution in [2.45, 2.75) is 30.7 Å². The number of Topliss-reactive ketones (excluding diaryl/α,β-unsaturated/α-hetero) is 1. The van der Waals surface area contributed by atoms with Gasteiger partial charge in [-0.2, -0.15) is 13.2 Å².